The maximum absolute atomic E-state index is 5.89. The summed E-state index contributed by atoms with van der Waals surface area (Å²) in [6.07, 6.45) is 5.07. The van der Waals surface area contributed by atoms with E-state index in [0.717, 1.165) is 6.54 Å². The molecule has 0 unspecified atom stereocenters. The summed E-state index contributed by atoms with van der Waals surface area (Å²) in [4.78, 5) is 0. The molecule has 3 heteroatoms. The van der Waals surface area contributed by atoms with Gasteiger partial charge in [0.2, 0.25) is 0 Å². The van der Waals surface area contributed by atoms with E-state index in [-0.39, 0.29) is 0 Å². The first-order chi connectivity index (χ1) is 6.84. The lowest BCUT2D eigenvalue weighted by Crippen LogP contribution is -2.21. The molecule has 0 heterocycles. The van der Waals surface area contributed by atoms with Crippen LogP contribution in [0.2, 0.25) is 5.02 Å². The summed E-state index contributed by atoms with van der Waals surface area (Å²) in [5.74, 6) is 3.19. The Morgan fingerprint density at radius 1 is 1.43 bits per heavy atom. The first-order valence-corrected chi connectivity index (χ1v) is 4.74. The predicted molar refractivity (Wildman–Crippen MR) is 58.6 cm³/mol. The van der Waals surface area contributed by atoms with Gasteiger partial charge in [-0.05, 0) is 12.1 Å². The number of terminal acetylenes is 1. The molecule has 0 radical (unpaired) electrons. The zero-order valence-corrected chi connectivity index (χ0v) is 8.55. The molecule has 0 saturated heterocycles. The molecule has 14 heavy (non-hydrogen) atoms. The smallest absolute Gasteiger partial charge is 0.137 e. The summed E-state index contributed by atoms with van der Waals surface area (Å²) in [7, 11) is 0. The van der Waals surface area contributed by atoms with Crippen LogP contribution >= 0.6 is 11.6 Å². The zero-order valence-electron chi connectivity index (χ0n) is 7.79. The number of benzene rings is 1. The minimum absolute atomic E-state index is 0.561. The van der Waals surface area contributed by atoms with Crippen LogP contribution in [0.5, 0.6) is 5.75 Å². The lowest BCUT2D eigenvalue weighted by molar-refractivity contribution is 0.317. The van der Waals surface area contributed by atoms with Crippen LogP contribution in [0.3, 0.4) is 0 Å². The Morgan fingerprint density at radius 3 is 2.93 bits per heavy atom. The van der Waals surface area contributed by atoms with Gasteiger partial charge in [-0.2, -0.15) is 0 Å². The van der Waals surface area contributed by atoms with E-state index < -0.39 is 0 Å². The van der Waals surface area contributed by atoms with E-state index >= 15 is 0 Å². The number of nitrogens with one attached hydrogen (secondary N) is 1. The number of hydrogen-bond acceptors (Lipinski definition) is 2. The topological polar surface area (TPSA) is 21.3 Å². The lowest BCUT2D eigenvalue weighted by atomic mass is 10.3. The zero-order chi connectivity index (χ0) is 10.2. The van der Waals surface area contributed by atoms with Gasteiger partial charge in [-0.25, -0.2) is 0 Å². The molecule has 0 fully saturated rings. The molecule has 0 aromatic heterocycles. The lowest BCUT2D eigenvalue weighted by Gasteiger charge is -2.07. The molecular weight excluding hydrogens is 198 g/mol. The number of halogens is 1. The minimum atomic E-state index is 0.561. The number of hydrogen-bond donors (Lipinski definition) is 1. The fourth-order valence-electron chi connectivity index (χ4n) is 0.956. The highest BCUT2D eigenvalue weighted by Crippen LogP contribution is 2.22. The Bertz CT molecular complexity index is 319. The molecule has 0 aliphatic rings. The van der Waals surface area contributed by atoms with Crippen LogP contribution in [0.1, 0.15) is 0 Å². The van der Waals surface area contributed by atoms with E-state index in [0.29, 0.717) is 23.9 Å². The Morgan fingerprint density at radius 2 is 2.21 bits per heavy atom. The predicted octanol–water partition coefficient (Wildman–Crippen LogP) is 1.94. The SMILES string of the molecule is C#CCNCCOc1ccccc1Cl. The van der Waals surface area contributed by atoms with Gasteiger partial charge in [-0.15, -0.1) is 6.42 Å². The number of ether oxygens (including phenoxy) is 1. The summed E-state index contributed by atoms with van der Waals surface area (Å²) in [6, 6.07) is 7.39. The Hall–Kier alpha value is -1.17. The van der Waals surface area contributed by atoms with Gasteiger partial charge in [0.05, 0.1) is 11.6 Å². The van der Waals surface area contributed by atoms with Crippen molar-refractivity contribution in [3.63, 3.8) is 0 Å². The fraction of sp³-hybridized carbons (Fsp3) is 0.273. The first-order valence-electron chi connectivity index (χ1n) is 4.36. The second-order valence-corrected chi connectivity index (χ2v) is 3.07. The van der Waals surface area contributed by atoms with Crippen molar-refractivity contribution < 1.29 is 4.74 Å². The standard InChI is InChI=1S/C11H12ClNO/c1-2-7-13-8-9-14-11-6-4-3-5-10(11)12/h1,3-6,13H,7-9H2. The van der Waals surface area contributed by atoms with Crippen LogP contribution in [0.15, 0.2) is 24.3 Å². The van der Waals surface area contributed by atoms with E-state index in [1.54, 1.807) is 6.07 Å². The minimum Gasteiger partial charge on any atom is -0.491 e. The maximum Gasteiger partial charge on any atom is 0.137 e. The van der Waals surface area contributed by atoms with E-state index in [1.165, 1.54) is 0 Å². The van der Waals surface area contributed by atoms with E-state index in [9.17, 15) is 0 Å². The van der Waals surface area contributed by atoms with Gasteiger partial charge < -0.3 is 10.1 Å². The quantitative estimate of drug-likeness (QED) is 0.591. The third-order valence-corrected chi connectivity index (χ3v) is 1.91. The van der Waals surface area contributed by atoms with E-state index in [2.05, 4.69) is 11.2 Å². The molecule has 0 amide bonds. The van der Waals surface area contributed by atoms with E-state index in [4.69, 9.17) is 22.8 Å². The van der Waals surface area contributed by atoms with Crippen molar-refractivity contribution in [1.82, 2.24) is 5.32 Å². The largest absolute Gasteiger partial charge is 0.491 e. The summed E-state index contributed by atoms with van der Waals surface area (Å²) < 4.78 is 5.42. The van der Waals surface area contributed by atoms with Gasteiger partial charge in [-0.1, -0.05) is 29.7 Å². The van der Waals surface area contributed by atoms with Gasteiger partial charge in [0.15, 0.2) is 0 Å². The average Bonchev–Trinajstić information content (AvgIpc) is 2.20. The summed E-state index contributed by atoms with van der Waals surface area (Å²) in [5.41, 5.74) is 0. The molecule has 0 atom stereocenters. The maximum atomic E-state index is 5.89. The molecule has 1 N–H and O–H groups in total. The molecule has 74 valence electrons. The van der Waals surface area contributed by atoms with Crippen molar-refractivity contribution >= 4 is 11.6 Å². The fourth-order valence-corrected chi connectivity index (χ4v) is 1.15. The Balaban J connectivity index is 2.25. The van der Waals surface area contributed by atoms with Gasteiger partial charge in [0.25, 0.3) is 0 Å². The highest BCUT2D eigenvalue weighted by molar-refractivity contribution is 6.32. The van der Waals surface area contributed by atoms with Gasteiger partial charge in [0.1, 0.15) is 12.4 Å². The molecular formula is C11H12ClNO. The van der Waals surface area contributed by atoms with Crippen LogP contribution in [0.4, 0.5) is 0 Å². The van der Waals surface area contributed by atoms with Crippen molar-refractivity contribution in [3.8, 4) is 18.1 Å². The highest BCUT2D eigenvalue weighted by atomic mass is 35.5. The van der Waals surface area contributed by atoms with Crippen LogP contribution in [0, 0.1) is 12.3 Å². The van der Waals surface area contributed by atoms with Crippen molar-refractivity contribution in [3.05, 3.63) is 29.3 Å². The van der Waals surface area contributed by atoms with E-state index in [1.807, 2.05) is 18.2 Å². The monoisotopic (exact) mass is 209 g/mol. The number of rotatable bonds is 5. The third-order valence-electron chi connectivity index (χ3n) is 1.60. The summed E-state index contributed by atoms with van der Waals surface area (Å²) >= 11 is 5.89. The van der Waals surface area contributed by atoms with Crippen LogP contribution < -0.4 is 10.1 Å². The highest BCUT2D eigenvalue weighted by Gasteiger charge is 1.97. The molecule has 0 aliphatic carbocycles. The number of para-hydroxylation sites is 1. The molecule has 1 rings (SSSR count). The normalized spacial score (nSPS) is 9.43. The molecule has 0 aliphatic heterocycles. The van der Waals surface area contributed by atoms with Gasteiger partial charge in [0, 0.05) is 6.54 Å². The second kappa shape index (κ2) is 6.31. The second-order valence-electron chi connectivity index (χ2n) is 2.66. The average molecular weight is 210 g/mol. The Labute approximate surface area is 89.2 Å². The first kappa shape index (κ1) is 10.9. The summed E-state index contributed by atoms with van der Waals surface area (Å²) in [6.45, 7) is 1.84. The van der Waals surface area contributed by atoms with Gasteiger partial charge in [-0.3, -0.25) is 0 Å². The molecule has 0 spiro atoms. The van der Waals surface area contributed by atoms with Crippen molar-refractivity contribution in [2.75, 3.05) is 19.7 Å². The Kier molecular flexibility index (Phi) is 4.92. The van der Waals surface area contributed by atoms with Gasteiger partial charge >= 0.3 is 0 Å². The molecule has 1 aromatic rings. The van der Waals surface area contributed by atoms with Crippen LogP contribution in [-0.4, -0.2) is 19.7 Å². The van der Waals surface area contributed by atoms with Crippen molar-refractivity contribution in [2.45, 2.75) is 0 Å². The van der Waals surface area contributed by atoms with Crippen molar-refractivity contribution in [2.24, 2.45) is 0 Å². The molecule has 1 aromatic carbocycles. The van der Waals surface area contributed by atoms with Crippen LogP contribution in [0.25, 0.3) is 0 Å². The van der Waals surface area contributed by atoms with Crippen molar-refractivity contribution in [1.29, 1.82) is 0 Å². The van der Waals surface area contributed by atoms with Crippen LogP contribution in [-0.2, 0) is 0 Å². The molecule has 0 saturated carbocycles. The summed E-state index contributed by atoms with van der Waals surface area (Å²) in [5, 5.41) is 3.65. The molecule has 2 nitrogen and oxygen atoms in total. The molecule has 0 bridgehead atoms. The third kappa shape index (κ3) is 3.69.